The van der Waals surface area contributed by atoms with Crippen molar-refractivity contribution in [3.05, 3.63) is 54.0 Å². The molecule has 0 spiro atoms. The zero-order chi connectivity index (χ0) is 16.2. The first-order valence-electron chi connectivity index (χ1n) is 7.57. The number of furan rings is 1. The van der Waals surface area contributed by atoms with Gasteiger partial charge in [-0.1, -0.05) is 0 Å². The summed E-state index contributed by atoms with van der Waals surface area (Å²) in [5.41, 5.74) is 6.93. The largest absolute Gasteiger partial charge is 0.459 e. The van der Waals surface area contributed by atoms with Crippen LogP contribution in [-0.2, 0) is 0 Å². The molecule has 1 fully saturated rings. The molecule has 6 nitrogen and oxygen atoms in total. The van der Waals surface area contributed by atoms with Gasteiger partial charge in [0, 0.05) is 37.4 Å². The predicted molar refractivity (Wildman–Crippen MR) is 86.2 cm³/mol. The van der Waals surface area contributed by atoms with Crippen LogP contribution in [0.5, 0.6) is 0 Å². The number of ketones is 1. The summed E-state index contributed by atoms with van der Waals surface area (Å²) in [6.45, 7) is 2.89. The highest BCUT2D eigenvalue weighted by Gasteiger charge is 2.24. The maximum atomic E-state index is 12.2. The molecule has 1 aliphatic rings. The van der Waals surface area contributed by atoms with E-state index in [0.29, 0.717) is 49.7 Å². The van der Waals surface area contributed by atoms with Crippen molar-refractivity contribution in [2.75, 3.05) is 38.5 Å². The molecule has 1 amide bonds. The Labute approximate surface area is 134 Å². The number of carbonyl (C=O) groups excluding carboxylic acids is 2. The smallest absolute Gasteiger partial charge is 0.289 e. The Morgan fingerprint density at radius 3 is 2.35 bits per heavy atom. The zero-order valence-corrected chi connectivity index (χ0v) is 12.8. The number of hydrogen-bond donors (Lipinski definition) is 1. The van der Waals surface area contributed by atoms with Crippen molar-refractivity contribution in [1.29, 1.82) is 0 Å². The average Bonchev–Trinajstić information content (AvgIpc) is 3.10. The Morgan fingerprint density at radius 1 is 1.04 bits per heavy atom. The highest BCUT2D eigenvalue weighted by Crippen LogP contribution is 2.11. The second-order valence-electron chi connectivity index (χ2n) is 5.59. The van der Waals surface area contributed by atoms with Crippen molar-refractivity contribution in [2.45, 2.75) is 0 Å². The van der Waals surface area contributed by atoms with E-state index >= 15 is 0 Å². The minimum absolute atomic E-state index is 0.0656. The summed E-state index contributed by atoms with van der Waals surface area (Å²) in [5.74, 6) is 0.326. The Kier molecular flexibility index (Phi) is 4.43. The van der Waals surface area contributed by atoms with Gasteiger partial charge in [-0.05, 0) is 36.4 Å². The van der Waals surface area contributed by atoms with Crippen LogP contribution in [0, 0.1) is 0 Å². The SMILES string of the molecule is Nc1ccc(C(=O)CN2CCN(C(=O)c3ccco3)CC2)cc1. The lowest BCUT2D eigenvalue weighted by molar-refractivity contribution is 0.0596. The van der Waals surface area contributed by atoms with E-state index in [9.17, 15) is 9.59 Å². The molecule has 1 aliphatic heterocycles. The first-order chi connectivity index (χ1) is 11.1. The van der Waals surface area contributed by atoms with Gasteiger partial charge in [0.2, 0.25) is 0 Å². The molecule has 120 valence electrons. The van der Waals surface area contributed by atoms with E-state index < -0.39 is 0 Å². The molecule has 23 heavy (non-hydrogen) atoms. The van der Waals surface area contributed by atoms with Crippen LogP contribution in [-0.4, -0.2) is 54.2 Å². The third-order valence-electron chi connectivity index (χ3n) is 3.99. The standard InChI is InChI=1S/C17H19N3O3/c18-14-5-3-13(4-6-14)15(21)12-19-7-9-20(10-8-19)17(22)16-2-1-11-23-16/h1-6,11H,7-10,12,18H2. The van der Waals surface area contributed by atoms with Crippen molar-refractivity contribution in [3.63, 3.8) is 0 Å². The summed E-state index contributed by atoms with van der Waals surface area (Å²) in [6, 6.07) is 10.3. The minimum atomic E-state index is -0.0977. The molecule has 0 saturated carbocycles. The molecule has 2 aromatic rings. The third-order valence-corrected chi connectivity index (χ3v) is 3.99. The summed E-state index contributed by atoms with van der Waals surface area (Å²) >= 11 is 0. The van der Waals surface area contributed by atoms with Crippen LogP contribution >= 0.6 is 0 Å². The molecular formula is C17H19N3O3. The van der Waals surface area contributed by atoms with Gasteiger partial charge in [-0.15, -0.1) is 0 Å². The minimum Gasteiger partial charge on any atom is -0.459 e. The summed E-state index contributed by atoms with van der Waals surface area (Å²) in [7, 11) is 0. The van der Waals surface area contributed by atoms with Crippen LogP contribution in [0.1, 0.15) is 20.9 Å². The topological polar surface area (TPSA) is 79.8 Å². The van der Waals surface area contributed by atoms with E-state index in [4.69, 9.17) is 10.2 Å². The lowest BCUT2D eigenvalue weighted by Gasteiger charge is -2.33. The van der Waals surface area contributed by atoms with Crippen molar-refractivity contribution in [3.8, 4) is 0 Å². The van der Waals surface area contributed by atoms with E-state index in [0.717, 1.165) is 0 Å². The number of anilines is 1. The quantitative estimate of drug-likeness (QED) is 0.683. The fraction of sp³-hybridized carbons (Fsp3) is 0.294. The molecule has 2 heterocycles. The number of hydrogen-bond acceptors (Lipinski definition) is 5. The second kappa shape index (κ2) is 6.66. The van der Waals surface area contributed by atoms with Crippen molar-refractivity contribution in [1.82, 2.24) is 9.80 Å². The normalized spacial score (nSPS) is 15.6. The molecule has 1 aromatic carbocycles. The first-order valence-corrected chi connectivity index (χ1v) is 7.57. The monoisotopic (exact) mass is 313 g/mol. The maximum absolute atomic E-state index is 12.2. The number of nitrogen functional groups attached to an aromatic ring is 1. The molecule has 1 aromatic heterocycles. The fourth-order valence-electron chi connectivity index (χ4n) is 2.63. The van der Waals surface area contributed by atoms with Crippen LogP contribution in [0.4, 0.5) is 5.69 Å². The Morgan fingerprint density at radius 2 is 1.74 bits per heavy atom. The van der Waals surface area contributed by atoms with Gasteiger partial charge >= 0.3 is 0 Å². The van der Waals surface area contributed by atoms with Crippen molar-refractivity contribution >= 4 is 17.4 Å². The van der Waals surface area contributed by atoms with Crippen LogP contribution in [0.2, 0.25) is 0 Å². The van der Waals surface area contributed by atoms with E-state index in [1.165, 1.54) is 6.26 Å². The first kappa shape index (κ1) is 15.3. The van der Waals surface area contributed by atoms with Gasteiger partial charge in [-0.3, -0.25) is 14.5 Å². The number of carbonyl (C=O) groups is 2. The van der Waals surface area contributed by atoms with E-state index in [2.05, 4.69) is 4.90 Å². The number of Topliss-reactive ketones (excluding diaryl/α,β-unsaturated/α-hetero) is 1. The molecule has 0 aliphatic carbocycles. The van der Waals surface area contributed by atoms with E-state index in [1.807, 2.05) is 0 Å². The maximum Gasteiger partial charge on any atom is 0.289 e. The number of piperazine rings is 1. The van der Waals surface area contributed by atoms with Crippen molar-refractivity contribution < 1.29 is 14.0 Å². The molecule has 0 unspecified atom stereocenters. The second-order valence-corrected chi connectivity index (χ2v) is 5.59. The lowest BCUT2D eigenvalue weighted by atomic mass is 10.1. The van der Waals surface area contributed by atoms with Crippen LogP contribution in [0.15, 0.2) is 47.1 Å². The average molecular weight is 313 g/mol. The van der Waals surface area contributed by atoms with E-state index in [-0.39, 0.29) is 11.7 Å². The molecule has 6 heteroatoms. The van der Waals surface area contributed by atoms with Crippen molar-refractivity contribution in [2.24, 2.45) is 0 Å². The van der Waals surface area contributed by atoms with Crippen LogP contribution in [0.25, 0.3) is 0 Å². The summed E-state index contributed by atoms with van der Waals surface area (Å²) < 4.78 is 5.14. The zero-order valence-electron chi connectivity index (χ0n) is 12.8. The molecule has 0 radical (unpaired) electrons. The Balaban J connectivity index is 1.52. The number of nitrogens with two attached hydrogens (primary N) is 1. The lowest BCUT2D eigenvalue weighted by Crippen LogP contribution is -2.49. The highest BCUT2D eigenvalue weighted by molar-refractivity contribution is 5.98. The number of amides is 1. The van der Waals surface area contributed by atoms with Crippen LogP contribution < -0.4 is 5.73 Å². The third kappa shape index (κ3) is 3.60. The van der Waals surface area contributed by atoms with Gasteiger partial charge in [0.1, 0.15) is 0 Å². The number of rotatable bonds is 4. The molecule has 0 bridgehead atoms. The summed E-state index contributed by atoms with van der Waals surface area (Å²) in [6.07, 6.45) is 1.49. The highest BCUT2D eigenvalue weighted by atomic mass is 16.3. The molecule has 1 saturated heterocycles. The molecule has 3 rings (SSSR count). The number of nitrogens with zero attached hydrogens (tertiary/aromatic N) is 2. The summed E-state index contributed by atoms with van der Waals surface area (Å²) in [4.78, 5) is 28.2. The Bertz CT molecular complexity index is 672. The molecule has 2 N–H and O–H groups in total. The predicted octanol–water partition coefficient (Wildman–Crippen LogP) is 1.50. The van der Waals surface area contributed by atoms with Gasteiger partial charge in [-0.2, -0.15) is 0 Å². The molecular weight excluding hydrogens is 294 g/mol. The Hall–Kier alpha value is -2.60. The van der Waals surface area contributed by atoms with Gasteiger partial charge in [-0.25, -0.2) is 0 Å². The van der Waals surface area contributed by atoms with Gasteiger partial charge < -0.3 is 15.1 Å². The number of benzene rings is 1. The fourth-order valence-corrected chi connectivity index (χ4v) is 2.63. The van der Waals surface area contributed by atoms with Crippen LogP contribution in [0.3, 0.4) is 0 Å². The summed E-state index contributed by atoms with van der Waals surface area (Å²) in [5, 5.41) is 0. The van der Waals surface area contributed by atoms with Gasteiger partial charge in [0.15, 0.2) is 11.5 Å². The molecule has 0 atom stereocenters. The van der Waals surface area contributed by atoms with Gasteiger partial charge in [0.25, 0.3) is 5.91 Å². The van der Waals surface area contributed by atoms with E-state index in [1.54, 1.807) is 41.3 Å². The van der Waals surface area contributed by atoms with Gasteiger partial charge in [0.05, 0.1) is 12.8 Å².